The molecule has 1 rings (SSSR count). The Labute approximate surface area is 105 Å². The molecule has 0 aliphatic carbocycles. The number of hydrogen-bond acceptors (Lipinski definition) is 5. The molecule has 0 saturated heterocycles. The number of carboxylic acid groups (broad SMARTS) is 1. The molecule has 1 atom stereocenters. The lowest BCUT2D eigenvalue weighted by Crippen LogP contribution is -2.33. The van der Waals surface area contributed by atoms with Crippen molar-refractivity contribution < 1.29 is 19.0 Å². The number of ether oxygens (including phenoxy) is 1. The molecule has 0 aliphatic heterocycles. The molecule has 0 spiro atoms. The van der Waals surface area contributed by atoms with Crippen molar-refractivity contribution in [3.63, 3.8) is 0 Å². The Kier molecular flexibility index (Phi) is 6.81. The van der Waals surface area contributed by atoms with Crippen molar-refractivity contribution in [2.24, 2.45) is 5.73 Å². The van der Waals surface area contributed by atoms with E-state index in [0.29, 0.717) is 5.69 Å². The van der Waals surface area contributed by atoms with Crippen LogP contribution in [0, 0.1) is 12.9 Å². The van der Waals surface area contributed by atoms with E-state index in [2.05, 4.69) is 14.7 Å². The summed E-state index contributed by atoms with van der Waals surface area (Å²) in [7, 11) is 1.32. The molecular weight excluding hydrogens is 241 g/mol. The van der Waals surface area contributed by atoms with E-state index in [1.54, 1.807) is 0 Å². The average molecular weight is 259 g/mol. The number of rotatable bonds is 4. The summed E-state index contributed by atoms with van der Waals surface area (Å²) in [6, 6.07) is -1.27. The second-order valence-corrected chi connectivity index (χ2v) is 3.21. The summed E-state index contributed by atoms with van der Waals surface area (Å²) in [5.74, 6) is -2.00. The van der Waals surface area contributed by atoms with Gasteiger partial charge in [0.05, 0.1) is 12.8 Å². The fourth-order valence-corrected chi connectivity index (χ4v) is 1.17. The second kappa shape index (κ2) is 7.54. The van der Waals surface area contributed by atoms with E-state index >= 15 is 0 Å². The van der Waals surface area contributed by atoms with Gasteiger partial charge in [-0.25, -0.2) is 4.98 Å². The summed E-state index contributed by atoms with van der Waals surface area (Å²) in [4.78, 5) is 17.8. The first-order chi connectivity index (χ1) is 8.45. The normalized spacial score (nSPS) is 11.2. The molecule has 0 amide bonds. The number of carbonyl (C=O) groups is 1. The Morgan fingerprint density at radius 2 is 2.06 bits per heavy atom. The van der Waals surface area contributed by atoms with E-state index in [4.69, 9.17) is 10.8 Å². The van der Waals surface area contributed by atoms with Crippen LogP contribution in [0.25, 0.3) is 0 Å². The lowest BCUT2D eigenvalue weighted by Gasteiger charge is -2.10. The van der Waals surface area contributed by atoms with Crippen molar-refractivity contribution in [3.05, 3.63) is 17.2 Å². The molecule has 0 aliphatic rings. The Hall–Kier alpha value is -1.76. The minimum atomic E-state index is -1.20. The van der Waals surface area contributed by atoms with Gasteiger partial charge in [0.2, 0.25) is 5.95 Å². The largest absolute Gasteiger partial charge is 0.480 e. The van der Waals surface area contributed by atoms with Crippen molar-refractivity contribution in [1.29, 1.82) is 0 Å². The first kappa shape index (κ1) is 16.2. The summed E-state index contributed by atoms with van der Waals surface area (Å²) in [5, 5.41) is 8.61. The molecule has 0 radical (unpaired) electrons. The third kappa shape index (κ3) is 4.25. The number of nitrogens with zero attached hydrogens (tertiary/aromatic N) is 2. The highest BCUT2D eigenvalue weighted by Gasteiger charge is 2.19. The smallest absolute Gasteiger partial charge is 0.320 e. The Morgan fingerprint density at radius 1 is 1.50 bits per heavy atom. The van der Waals surface area contributed by atoms with Gasteiger partial charge in [0.25, 0.3) is 0 Å². The molecule has 102 valence electrons. The summed E-state index contributed by atoms with van der Waals surface area (Å²) in [6.45, 7) is 5.54. The lowest BCUT2D eigenvalue weighted by atomic mass is 10.1. The van der Waals surface area contributed by atoms with E-state index in [-0.39, 0.29) is 18.0 Å². The molecule has 18 heavy (non-hydrogen) atoms. The highest BCUT2D eigenvalue weighted by Crippen LogP contribution is 2.14. The summed E-state index contributed by atoms with van der Waals surface area (Å²) < 4.78 is 18.1. The fourth-order valence-electron chi connectivity index (χ4n) is 1.17. The van der Waals surface area contributed by atoms with Crippen LogP contribution in [0.3, 0.4) is 0 Å². The van der Waals surface area contributed by atoms with Crippen LogP contribution in [0.5, 0.6) is 6.01 Å². The van der Waals surface area contributed by atoms with Crippen LogP contribution in [0.4, 0.5) is 4.39 Å². The van der Waals surface area contributed by atoms with Gasteiger partial charge < -0.3 is 15.6 Å². The van der Waals surface area contributed by atoms with E-state index in [1.807, 2.05) is 13.8 Å². The second-order valence-electron chi connectivity index (χ2n) is 3.21. The van der Waals surface area contributed by atoms with E-state index < -0.39 is 18.0 Å². The third-order valence-corrected chi connectivity index (χ3v) is 2.07. The highest BCUT2D eigenvalue weighted by molar-refractivity contribution is 5.73. The number of halogens is 1. The van der Waals surface area contributed by atoms with Gasteiger partial charge in [-0.2, -0.15) is 9.37 Å². The minimum absolute atomic E-state index is 0.0932. The van der Waals surface area contributed by atoms with Crippen LogP contribution < -0.4 is 10.5 Å². The zero-order valence-electron chi connectivity index (χ0n) is 10.9. The molecule has 0 fully saturated rings. The molecule has 6 nitrogen and oxygen atoms in total. The zero-order valence-corrected chi connectivity index (χ0v) is 10.9. The van der Waals surface area contributed by atoms with Gasteiger partial charge in [-0.1, -0.05) is 13.8 Å². The SMILES string of the molecule is CC.COc1nc(C)c(CC(N)C(=O)O)c(F)n1. The standard InChI is InChI=1S/C9H12FN3O3.C2H6/c1-4-5(3-6(11)8(14)15)7(10)13-9(12-4)16-2;1-2/h6H,3,11H2,1-2H3,(H,14,15);1-2H3. The van der Waals surface area contributed by atoms with Gasteiger partial charge >= 0.3 is 12.0 Å². The first-order valence-electron chi connectivity index (χ1n) is 5.51. The Bertz CT molecular complexity index is 390. The molecule has 3 N–H and O–H groups in total. The average Bonchev–Trinajstić information content (AvgIpc) is 2.35. The van der Waals surface area contributed by atoms with Crippen LogP contribution in [-0.4, -0.2) is 34.2 Å². The van der Waals surface area contributed by atoms with E-state index in [9.17, 15) is 9.18 Å². The summed E-state index contributed by atoms with van der Waals surface area (Å²) in [6.07, 6.45) is -0.156. The maximum atomic E-state index is 13.4. The van der Waals surface area contributed by atoms with Crippen LogP contribution in [0.2, 0.25) is 0 Å². The minimum Gasteiger partial charge on any atom is -0.480 e. The van der Waals surface area contributed by atoms with E-state index in [1.165, 1.54) is 14.0 Å². The lowest BCUT2D eigenvalue weighted by molar-refractivity contribution is -0.138. The molecule has 7 heteroatoms. The van der Waals surface area contributed by atoms with Crippen molar-refractivity contribution in [2.45, 2.75) is 33.2 Å². The van der Waals surface area contributed by atoms with Crippen molar-refractivity contribution >= 4 is 5.97 Å². The van der Waals surface area contributed by atoms with Crippen LogP contribution >= 0.6 is 0 Å². The maximum absolute atomic E-state index is 13.4. The van der Waals surface area contributed by atoms with Crippen LogP contribution in [0.15, 0.2) is 0 Å². The Morgan fingerprint density at radius 3 is 2.44 bits per heavy atom. The number of aromatic nitrogens is 2. The number of hydrogen-bond donors (Lipinski definition) is 2. The number of methoxy groups -OCH3 is 1. The van der Waals surface area contributed by atoms with Crippen molar-refractivity contribution in [1.82, 2.24) is 9.97 Å². The molecule has 0 bridgehead atoms. The molecule has 1 aromatic heterocycles. The first-order valence-corrected chi connectivity index (χ1v) is 5.51. The third-order valence-electron chi connectivity index (χ3n) is 2.07. The topological polar surface area (TPSA) is 98.3 Å². The molecular formula is C11H18FN3O3. The quantitative estimate of drug-likeness (QED) is 0.780. The van der Waals surface area contributed by atoms with Gasteiger partial charge in [-0.05, 0) is 6.92 Å². The molecule has 0 aromatic carbocycles. The summed E-state index contributed by atoms with van der Waals surface area (Å²) in [5.41, 5.74) is 5.72. The number of carboxylic acids is 1. The van der Waals surface area contributed by atoms with Gasteiger partial charge in [0.1, 0.15) is 6.04 Å². The fraction of sp³-hybridized carbons (Fsp3) is 0.545. The van der Waals surface area contributed by atoms with Gasteiger partial charge in [0, 0.05) is 12.0 Å². The van der Waals surface area contributed by atoms with Gasteiger partial charge in [-0.3, -0.25) is 4.79 Å². The Balaban J connectivity index is 0.00000137. The number of aryl methyl sites for hydroxylation is 1. The van der Waals surface area contributed by atoms with Crippen LogP contribution in [-0.2, 0) is 11.2 Å². The predicted molar refractivity (Wildman–Crippen MR) is 63.9 cm³/mol. The van der Waals surface area contributed by atoms with E-state index in [0.717, 1.165) is 0 Å². The number of nitrogens with two attached hydrogens (primary N) is 1. The van der Waals surface area contributed by atoms with Gasteiger partial charge in [0.15, 0.2) is 0 Å². The molecule has 1 heterocycles. The van der Waals surface area contributed by atoms with Crippen molar-refractivity contribution in [3.8, 4) is 6.01 Å². The molecule has 1 unspecified atom stereocenters. The van der Waals surface area contributed by atoms with Gasteiger partial charge in [-0.15, -0.1) is 0 Å². The van der Waals surface area contributed by atoms with Crippen LogP contribution in [0.1, 0.15) is 25.1 Å². The maximum Gasteiger partial charge on any atom is 0.320 e. The summed E-state index contributed by atoms with van der Waals surface area (Å²) >= 11 is 0. The number of aliphatic carboxylic acids is 1. The molecule has 1 aromatic rings. The predicted octanol–water partition coefficient (Wildman–Crippen LogP) is 0.913. The monoisotopic (exact) mass is 259 g/mol. The molecule has 0 saturated carbocycles. The van der Waals surface area contributed by atoms with Crippen molar-refractivity contribution in [2.75, 3.05) is 7.11 Å². The highest BCUT2D eigenvalue weighted by atomic mass is 19.1. The zero-order chi connectivity index (χ0) is 14.3.